The van der Waals surface area contributed by atoms with Crippen molar-refractivity contribution >= 4 is 6.09 Å². The first-order chi connectivity index (χ1) is 20.8. The summed E-state index contributed by atoms with van der Waals surface area (Å²) in [7, 11) is 0. The fraction of sp³-hybridized carbons (Fsp3) is 0.676. The number of nitrogens with zero attached hydrogens (tertiary/aromatic N) is 2. The van der Waals surface area contributed by atoms with Crippen molar-refractivity contribution in [3.05, 3.63) is 64.5 Å². The molecule has 2 saturated carbocycles. The standard InChI is InChI=1S/C37H49N3O3/c1-22-14-33-34(40(20-22)35(41)42-21-25-8-6-5-7-9-25)24(3)37(43-33)13-12-28-29-11-10-27-15-32-26(19-38-39-32)18-36(27,4)31(29)16-30(28)23(2)17-37/h5-9,19,22,24,27-29,31,33-34H,10-18,20-21H2,1-4H3,(H,38,39)/t22-,24+,27+,28-,29-,31-,33+,34-,36-,37-/m0/s1. The average Bonchev–Trinajstić information content (AvgIpc) is 3.65. The van der Waals surface area contributed by atoms with Gasteiger partial charge in [-0.05, 0) is 111 Å². The Balaban J connectivity index is 1.03. The van der Waals surface area contributed by atoms with E-state index in [0.29, 0.717) is 23.9 Å². The normalized spacial score (nSPS) is 41.6. The van der Waals surface area contributed by atoms with Crippen LogP contribution in [-0.2, 0) is 28.9 Å². The molecular formula is C37H49N3O3. The number of aromatic amines is 1. The Kier molecular flexibility index (Phi) is 6.63. The van der Waals surface area contributed by atoms with Gasteiger partial charge in [0.05, 0.1) is 23.9 Å². The average molecular weight is 584 g/mol. The van der Waals surface area contributed by atoms with Gasteiger partial charge in [-0.2, -0.15) is 5.10 Å². The van der Waals surface area contributed by atoms with E-state index in [-0.39, 0.29) is 29.8 Å². The molecule has 8 rings (SSSR count). The summed E-state index contributed by atoms with van der Waals surface area (Å²) < 4.78 is 13.1. The molecule has 1 spiro atoms. The second kappa shape index (κ2) is 10.2. The van der Waals surface area contributed by atoms with E-state index >= 15 is 0 Å². The molecule has 10 atom stereocenters. The lowest BCUT2D eigenvalue weighted by Crippen LogP contribution is -2.54. The monoisotopic (exact) mass is 583 g/mol. The number of benzene rings is 1. The summed E-state index contributed by atoms with van der Waals surface area (Å²) in [5.74, 6) is 3.71. The van der Waals surface area contributed by atoms with E-state index in [1.54, 1.807) is 11.1 Å². The predicted octanol–water partition coefficient (Wildman–Crippen LogP) is 7.50. The summed E-state index contributed by atoms with van der Waals surface area (Å²) in [5.41, 5.74) is 7.44. The number of aromatic nitrogens is 2. The quantitative estimate of drug-likeness (QED) is 0.372. The van der Waals surface area contributed by atoms with Crippen LogP contribution in [0.5, 0.6) is 0 Å². The zero-order valence-corrected chi connectivity index (χ0v) is 26.5. The van der Waals surface area contributed by atoms with Crippen molar-refractivity contribution in [2.24, 2.45) is 40.9 Å². The number of carbonyl (C=O) groups is 1. The van der Waals surface area contributed by atoms with Crippen LogP contribution >= 0.6 is 0 Å². The smallest absolute Gasteiger partial charge is 0.410 e. The second-order valence-electron chi connectivity index (χ2n) is 15.7. The zero-order chi connectivity index (χ0) is 29.5. The summed E-state index contributed by atoms with van der Waals surface area (Å²) in [5, 5.41) is 7.73. The third kappa shape index (κ3) is 4.36. The van der Waals surface area contributed by atoms with Crippen LogP contribution < -0.4 is 0 Å². The van der Waals surface area contributed by atoms with Crippen LogP contribution in [0.25, 0.3) is 0 Å². The van der Waals surface area contributed by atoms with Crippen molar-refractivity contribution in [3.8, 4) is 0 Å². The molecule has 6 nitrogen and oxygen atoms in total. The minimum absolute atomic E-state index is 0.0868. The summed E-state index contributed by atoms with van der Waals surface area (Å²) in [6, 6.07) is 10.1. The van der Waals surface area contributed by atoms with Crippen molar-refractivity contribution in [3.63, 3.8) is 0 Å². The Hall–Kier alpha value is -2.60. The number of rotatable bonds is 2. The van der Waals surface area contributed by atoms with Crippen molar-refractivity contribution in [1.82, 2.24) is 15.1 Å². The summed E-state index contributed by atoms with van der Waals surface area (Å²) in [4.78, 5) is 15.6. The largest absolute Gasteiger partial charge is 0.445 e. The highest BCUT2D eigenvalue weighted by Crippen LogP contribution is 2.64. The zero-order valence-electron chi connectivity index (χ0n) is 26.5. The maximum Gasteiger partial charge on any atom is 0.410 e. The fourth-order valence-corrected chi connectivity index (χ4v) is 11.3. The van der Waals surface area contributed by atoms with Crippen LogP contribution in [0.15, 0.2) is 47.7 Å². The number of hydrogen-bond acceptors (Lipinski definition) is 4. The van der Waals surface area contributed by atoms with Crippen LogP contribution in [0.3, 0.4) is 0 Å². The Morgan fingerprint density at radius 1 is 1.14 bits per heavy atom. The highest BCUT2D eigenvalue weighted by atomic mass is 16.6. The first-order valence-electron chi connectivity index (χ1n) is 17.1. The molecule has 2 saturated heterocycles. The number of nitrogens with one attached hydrogen (secondary N) is 1. The minimum atomic E-state index is -0.189. The van der Waals surface area contributed by atoms with Gasteiger partial charge in [0.25, 0.3) is 0 Å². The van der Waals surface area contributed by atoms with E-state index in [1.807, 2.05) is 35.2 Å². The molecule has 1 N–H and O–H groups in total. The molecule has 0 radical (unpaired) electrons. The van der Waals surface area contributed by atoms with Gasteiger partial charge in [-0.15, -0.1) is 0 Å². The Labute approximate surface area is 257 Å². The van der Waals surface area contributed by atoms with Gasteiger partial charge in [-0.1, -0.05) is 62.2 Å². The molecular weight excluding hydrogens is 534 g/mol. The molecule has 2 aromatic rings. The van der Waals surface area contributed by atoms with Gasteiger partial charge in [0.2, 0.25) is 0 Å². The van der Waals surface area contributed by atoms with Crippen LogP contribution in [0, 0.1) is 40.9 Å². The number of likely N-dealkylation sites (tertiary alicyclic amines) is 1. The van der Waals surface area contributed by atoms with Gasteiger partial charge in [0.15, 0.2) is 0 Å². The lowest BCUT2D eigenvalue weighted by atomic mass is 9.52. The van der Waals surface area contributed by atoms with Gasteiger partial charge in [0, 0.05) is 18.2 Å². The van der Waals surface area contributed by atoms with E-state index in [0.717, 1.165) is 49.1 Å². The summed E-state index contributed by atoms with van der Waals surface area (Å²) in [6.45, 7) is 10.7. The molecule has 0 bridgehead atoms. The molecule has 4 fully saturated rings. The topological polar surface area (TPSA) is 67.5 Å². The number of H-pyrrole nitrogens is 1. The van der Waals surface area contributed by atoms with Crippen LogP contribution in [0.1, 0.15) is 89.5 Å². The first-order valence-corrected chi connectivity index (χ1v) is 17.1. The summed E-state index contributed by atoms with van der Waals surface area (Å²) in [6.07, 6.45) is 12.7. The molecule has 0 unspecified atom stereocenters. The van der Waals surface area contributed by atoms with Crippen molar-refractivity contribution in [2.75, 3.05) is 6.54 Å². The Bertz CT molecular complexity index is 1420. The number of amides is 1. The molecule has 3 heterocycles. The maximum absolute atomic E-state index is 13.6. The maximum atomic E-state index is 13.6. The molecule has 2 aliphatic heterocycles. The molecule has 1 aromatic carbocycles. The predicted molar refractivity (Wildman–Crippen MR) is 166 cm³/mol. The second-order valence-corrected chi connectivity index (χ2v) is 15.7. The van der Waals surface area contributed by atoms with E-state index in [4.69, 9.17) is 9.47 Å². The van der Waals surface area contributed by atoms with Crippen molar-refractivity contribution in [2.45, 2.75) is 110 Å². The van der Waals surface area contributed by atoms with E-state index in [2.05, 4.69) is 44.1 Å². The number of hydrogen-bond donors (Lipinski definition) is 1. The Morgan fingerprint density at radius 3 is 2.81 bits per heavy atom. The highest BCUT2D eigenvalue weighted by molar-refractivity contribution is 5.68. The highest BCUT2D eigenvalue weighted by Gasteiger charge is 2.61. The lowest BCUT2D eigenvalue weighted by molar-refractivity contribution is -0.0794. The number of carbonyl (C=O) groups excluding carboxylic acids is 1. The number of fused-ring (bicyclic) bond motifs is 7. The summed E-state index contributed by atoms with van der Waals surface area (Å²) >= 11 is 0. The third-order valence-electron chi connectivity index (χ3n) is 13.4. The molecule has 1 aromatic heterocycles. The molecule has 6 heteroatoms. The van der Waals surface area contributed by atoms with E-state index < -0.39 is 0 Å². The first kappa shape index (κ1) is 27.9. The van der Waals surface area contributed by atoms with Crippen LogP contribution in [0.2, 0.25) is 0 Å². The van der Waals surface area contributed by atoms with Gasteiger partial charge in [-0.3, -0.25) is 5.10 Å². The Morgan fingerprint density at radius 2 is 1.98 bits per heavy atom. The van der Waals surface area contributed by atoms with Crippen molar-refractivity contribution in [1.29, 1.82) is 0 Å². The van der Waals surface area contributed by atoms with Crippen molar-refractivity contribution < 1.29 is 14.3 Å². The van der Waals surface area contributed by atoms with E-state index in [9.17, 15) is 4.79 Å². The molecule has 230 valence electrons. The third-order valence-corrected chi connectivity index (χ3v) is 13.4. The molecule has 6 aliphatic rings. The van der Waals surface area contributed by atoms with Gasteiger partial charge >= 0.3 is 6.09 Å². The van der Waals surface area contributed by atoms with Gasteiger partial charge < -0.3 is 14.4 Å². The van der Waals surface area contributed by atoms with Gasteiger partial charge in [0.1, 0.15) is 6.61 Å². The number of allylic oxidation sites excluding steroid dienone is 1. The van der Waals surface area contributed by atoms with E-state index in [1.165, 1.54) is 49.8 Å². The minimum Gasteiger partial charge on any atom is -0.445 e. The number of ether oxygens (including phenoxy) is 2. The van der Waals surface area contributed by atoms with Gasteiger partial charge in [-0.25, -0.2) is 4.79 Å². The lowest BCUT2D eigenvalue weighted by Gasteiger charge is -2.52. The SMILES string of the molecule is CC1=C2C[C@H]3[C@@H](CC[C@@H]4Cc5[nH]ncc5C[C@@]43C)[C@@H]2CC[C@@]2(C1)O[C@@H]1C[C@H](C)CN(C(=O)OCc3ccccc3)[C@H]1[C@H]2C. The molecule has 43 heavy (non-hydrogen) atoms. The van der Waals surface area contributed by atoms with Crippen LogP contribution in [0.4, 0.5) is 4.79 Å². The molecule has 1 amide bonds. The molecule has 4 aliphatic carbocycles. The van der Waals surface area contributed by atoms with Crippen LogP contribution in [-0.4, -0.2) is 45.5 Å². The number of piperidine rings is 1. The fourth-order valence-electron chi connectivity index (χ4n) is 11.3.